The maximum atomic E-state index is 12.9. The lowest BCUT2D eigenvalue weighted by molar-refractivity contribution is -0.143. The number of amides is 4. The number of hydrogen-bond acceptors (Lipinski definition) is 9. The molecule has 0 spiro atoms. The van der Waals surface area contributed by atoms with Crippen molar-refractivity contribution in [3.8, 4) is 0 Å². The van der Waals surface area contributed by atoms with Crippen molar-refractivity contribution in [3.05, 3.63) is 18.2 Å². The van der Waals surface area contributed by atoms with Crippen LogP contribution in [0.15, 0.2) is 12.5 Å². The Kier molecular flexibility index (Phi) is 12.3. The third kappa shape index (κ3) is 10.1. The van der Waals surface area contributed by atoms with Gasteiger partial charge < -0.3 is 37.5 Å². The number of thiol groups is 1. The van der Waals surface area contributed by atoms with E-state index < -0.39 is 60.2 Å². The number of nitrogens with two attached hydrogens (primary N) is 2. The van der Waals surface area contributed by atoms with Gasteiger partial charge in [-0.25, -0.2) is 9.78 Å². The van der Waals surface area contributed by atoms with Crippen LogP contribution in [0.3, 0.4) is 0 Å². The summed E-state index contributed by atoms with van der Waals surface area (Å²) in [5, 5.41) is 16.5. The SMILES string of the molecule is CSCCC(NC(=O)C(N)CS)C(=O)NC(Cc1cnc[nH]1)C(=O)NC(CC(N)=O)C(=O)O. The van der Waals surface area contributed by atoms with Gasteiger partial charge >= 0.3 is 5.97 Å². The zero-order chi connectivity index (χ0) is 25.0. The first-order chi connectivity index (χ1) is 15.6. The third-order valence-electron chi connectivity index (χ3n) is 4.41. The zero-order valence-electron chi connectivity index (χ0n) is 17.9. The number of aliphatic carboxylic acids is 1. The molecule has 1 aromatic rings. The van der Waals surface area contributed by atoms with Crippen molar-refractivity contribution in [3.63, 3.8) is 0 Å². The van der Waals surface area contributed by atoms with Crippen molar-refractivity contribution < 1.29 is 29.1 Å². The summed E-state index contributed by atoms with van der Waals surface area (Å²) in [5.74, 6) is -3.86. The molecule has 13 nitrogen and oxygen atoms in total. The molecule has 15 heteroatoms. The molecule has 1 aromatic heterocycles. The molecule has 4 atom stereocenters. The lowest BCUT2D eigenvalue weighted by atomic mass is 10.1. The first kappa shape index (κ1) is 28.3. The number of imidazole rings is 1. The minimum absolute atomic E-state index is 0.0557. The van der Waals surface area contributed by atoms with Gasteiger partial charge in [-0.15, -0.1) is 0 Å². The second-order valence-corrected chi connectivity index (χ2v) is 8.39. The first-order valence-electron chi connectivity index (χ1n) is 9.83. The number of thioether (sulfide) groups is 1. The van der Waals surface area contributed by atoms with Crippen molar-refractivity contribution >= 4 is 54.0 Å². The maximum Gasteiger partial charge on any atom is 0.326 e. The quantitative estimate of drug-likeness (QED) is 0.117. The van der Waals surface area contributed by atoms with E-state index in [9.17, 15) is 29.1 Å². The number of primary amides is 1. The molecule has 0 fully saturated rings. The van der Waals surface area contributed by atoms with Gasteiger partial charge in [0.1, 0.15) is 18.1 Å². The van der Waals surface area contributed by atoms with Gasteiger partial charge in [0.2, 0.25) is 23.6 Å². The average molecular weight is 504 g/mol. The van der Waals surface area contributed by atoms with Crippen molar-refractivity contribution in [1.82, 2.24) is 25.9 Å². The summed E-state index contributed by atoms with van der Waals surface area (Å²) in [6.07, 6.45) is 4.22. The number of carbonyl (C=O) groups excluding carboxylic acids is 4. The zero-order valence-corrected chi connectivity index (χ0v) is 19.7. The van der Waals surface area contributed by atoms with Gasteiger partial charge in [-0.05, 0) is 18.4 Å². The minimum Gasteiger partial charge on any atom is -0.480 e. The highest BCUT2D eigenvalue weighted by atomic mass is 32.2. The summed E-state index contributed by atoms with van der Waals surface area (Å²) in [5.41, 5.74) is 11.2. The Morgan fingerprint density at radius 2 is 1.73 bits per heavy atom. The molecule has 1 rings (SSSR count). The lowest BCUT2D eigenvalue weighted by Crippen LogP contribution is -2.58. The van der Waals surface area contributed by atoms with E-state index in [2.05, 4.69) is 38.5 Å². The summed E-state index contributed by atoms with van der Waals surface area (Å²) in [7, 11) is 0. The Bertz CT molecular complexity index is 823. The number of aromatic nitrogens is 2. The Balaban J connectivity index is 3.04. The Hall–Kier alpha value is -2.78. The van der Waals surface area contributed by atoms with Gasteiger partial charge in [0.05, 0.1) is 18.8 Å². The number of rotatable bonds is 15. The standard InChI is InChI=1S/C18H29N7O6S2/c1-33-3-2-11(23-15(27)10(19)7-32)16(28)24-12(4-9-6-21-8-22-9)17(29)25-13(18(30)31)5-14(20)26/h6,8,10-13,32H,2-5,7,19H2,1H3,(H2,20,26)(H,21,22)(H,23,27)(H,24,28)(H,25,29)(H,30,31). The van der Waals surface area contributed by atoms with Crippen molar-refractivity contribution in [1.29, 1.82) is 0 Å². The predicted molar refractivity (Wildman–Crippen MR) is 124 cm³/mol. The van der Waals surface area contributed by atoms with Crippen LogP contribution in [0.25, 0.3) is 0 Å². The monoisotopic (exact) mass is 503 g/mol. The van der Waals surface area contributed by atoms with E-state index in [1.165, 1.54) is 24.3 Å². The maximum absolute atomic E-state index is 12.9. The normalized spacial score (nSPS) is 14.4. The van der Waals surface area contributed by atoms with Crippen molar-refractivity contribution in [2.75, 3.05) is 17.8 Å². The van der Waals surface area contributed by atoms with Crippen LogP contribution in [-0.2, 0) is 30.4 Å². The van der Waals surface area contributed by atoms with E-state index in [4.69, 9.17) is 11.5 Å². The second kappa shape index (κ2) is 14.4. The molecule has 0 aliphatic heterocycles. The molecule has 0 saturated carbocycles. The number of nitrogens with zero attached hydrogens (tertiary/aromatic N) is 1. The Morgan fingerprint density at radius 3 is 2.24 bits per heavy atom. The van der Waals surface area contributed by atoms with Crippen LogP contribution in [0.2, 0.25) is 0 Å². The fourth-order valence-corrected chi connectivity index (χ4v) is 3.27. The highest BCUT2D eigenvalue weighted by Crippen LogP contribution is 2.06. The number of carboxylic acid groups (broad SMARTS) is 1. The van der Waals surface area contributed by atoms with Crippen LogP contribution in [0.5, 0.6) is 0 Å². The molecule has 1 heterocycles. The van der Waals surface area contributed by atoms with E-state index in [1.807, 2.05) is 6.26 Å². The second-order valence-electron chi connectivity index (χ2n) is 7.04. The number of hydrogen-bond donors (Lipinski definition) is 8. The van der Waals surface area contributed by atoms with Crippen molar-refractivity contribution in [2.24, 2.45) is 11.5 Å². The molecular weight excluding hydrogens is 474 g/mol. The number of carbonyl (C=O) groups is 5. The summed E-state index contributed by atoms with van der Waals surface area (Å²) in [4.78, 5) is 67.1. The fraction of sp³-hybridized carbons (Fsp3) is 0.556. The number of H-pyrrole nitrogens is 1. The molecule has 0 aliphatic carbocycles. The van der Waals surface area contributed by atoms with Gasteiger partial charge in [0.15, 0.2) is 0 Å². The molecule has 184 valence electrons. The molecule has 9 N–H and O–H groups in total. The summed E-state index contributed by atoms with van der Waals surface area (Å²) in [6.45, 7) is 0. The molecule has 0 bridgehead atoms. The molecule has 0 saturated heterocycles. The van der Waals surface area contributed by atoms with Crippen molar-refractivity contribution in [2.45, 2.75) is 43.4 Å². The van der Waals surface area contributed by atoms with E-state index in [0.717, 1.165) is 0 Å². The molecule has 0 aliphatic rings. The topological polar surface area (TPSA) is 222 Å². The molecule has 33 heavy (non-hydrogen) atoms. The minimum atomic E-state index is -1.57. The van der Waals surface area contributed by atoms with E-state index in [0.29, 0.717) is 11.4 Å². The summed E-state index contributed by atoms with van der Waals surface area (Å²) in [6, 6.07) is -4.72. The molecule has 4 amide bonds. The van der Waals surface area contributed by atoms with E-state index >= 15 is 0 Å². The third-order valence-corrected chi connectivity index (χ3v) is 5.45. The fourth-order valence-electron chi connectivity index (χ4n) is 2.64. The van der Waals surface area contributed by atoms with Crippen LogP contribution in [-0.4, -0.2) is 86.6 Å². The predicted octanol–water partition coefficient (Wildman–Crippen LogP) is -2.62. The van der Waals surface area contributed by atoms with Gasteiger partial charge in [0.25, 0.3) is 0 Å². The Labute approximate surface area is 200 Å². The average Bonchev–Trinajstić information content (AvgIpc) is 3.27. The first-order valence-corrected chi connectivity index (χ1v) is 11.9. The number of carboxylic acids is 1. The lowest BCUT2D eigenvalue weighted by Gasteiger charge is -2.24. The van der Waals surface area contributed by atoms with Gasteiger partial charge in [-0.3, -0.25) is 19.2 Å². The molecule has 4 unspecified atom stereocenters. The molecule has 0 aromatic carbocycles. The van der Waals surface area contributed by atoms with Crippen LogP contribution in [0, 0.1) is 0 Å². The van der Waals surface area contributed by atoms with E-state index in [1.54, 1.807) is 0 Å². The summed E-state index contributed by atoms with van der Waals surface area (Å²) >= 11 is 5.43. The summed E-state index contributed by atoms with van der Waals surface area (Å²) < 4.78 is 0. The van der Waals surface area contributed by atoms with Crippen LogP contribution in [0.1, 0.15) is 18.5 Å². The largest absolute Gasteiger partial charge is 0.480 e. The van der Waals surface area contributed by atoms with Crippen LogP contribution < -0.4 is 27.4 Å². The van der Waals surface area contributed by atoms with Gasteiger partial charge in [-0.1, -0.05) is 0 Å². The van der Waals surface area contributed by atoms with Crippen LogP contribution >= 0.6 is 24.4 Å². The molecule has 0 radical (unpaired) electrons. The molecular formula is C18H29N7O6S2. The highest BCUT2D eigenvalue weighted by molar-refractivity contribution is 7.98. The smallest absolute Gasteiger partial charge is 0.326 e. The van der Waals surface area contributed by atoms with Gasteiger partial charge in [-0.2, -0.15) is 24.4 Å². The highest BCUT2D eigenvalue weighted by Gasteiger charge is 2.31. The number of aromatic amines is 1. The van der Waals surface area contributed by atoms with Gasteiger partial charge in [0, 0.05) is 24.1 Å². The number of nitrogens with one attached hydrogen (secondary N) is 4. The van der Waals surface area contributed by atoms with Crippen LogP contribution in [0.4, 0.5) is 0 Å². The van der Waals surface area contributed by atoms with E-state index in [-0.39, 0.29) is 18.6 Å². The Morgan fingerprint density at radius 1 is 1.12 bits per heavy atom.